The van der Waals surface area contributed by atoms with Crippen molar-refractivity contribution in [1.82, 2.24) is 29.3 Å². The molecule has 156 valence electrons. The number of hydrogen-bond donors (Lipinski definition) is 1. The number of imidazole rings is 1. The number of piperidine rings is 1. The van der Waals surface area contributed by atoms with E-state index in [1.807, 2.05) is 43.1 Å². The molecular formula is C22H25FN6O. The van der Waals surface area contributed by atoms with Crippen LogP contribution < -0.4 is 0 Å². The summed E-state index contributed by atoms with van der Waals surface area (Å²) >= 11 is 0. The van der Waals surface area contributed by atoms with E-state index in [4.69, 9.17) is 5.11 Å². The molecule has 1 aromatic carbocycles. The largest absolute Gasteiger partial charge is 0.395 e. The van der Waals surface area contributed by atoms with Crippen LogP contribution in [0.15, 0.2) is 30.6 Å². The van der Waals surface area contributed by atoms with Crippen LogP contribution in [-0.4, -0.2) is 60.6 Å². The fraction of sp³-hybridized carbons (Fsp3) is 0.409. The summed E-state index contributed by atoms with van der Waals surface area (Å²) < 4.78 is 18.6. The summed E-state index contributed by atoms with van der Waals surface area (Å²) in [6.07, 6.45) is 5.71. The van der Waals surface area contributed by atoms with E-state index in [2.05, 4.69) is 20.1 Å². The van der Waals surface area contributed by atoms with Crippen LogP contribution in [0.1, 0.15) is 30.1 Å². The Balaban J connectivity index is 1.49. The third-order valence-corrected chi connectivity index (χ3v) is 5.95. The molecule has 1 saturated heterocycles. The van der Waals surface area contributed by atoms with E-state index in [-0.39, 0.29) is 18.5 Å². The first-order valence-corrected chi connectivity index (χ1v) is 10.4. The van der Waals surface area contributed by atoms with Gasteiger partial charge < -0.3 is 10.0 Å². The second-order valence-electron chi connectivity index (χ2n) is 8.16. The van der Waals surface area contributed by atoms with Crippen LogP contribution in [0.2, 0.25) is 0 Å². The summed E-state index contributed by atoms with van der Waals surface area (Å²) in [4.78, 5) is 6.73. The molecule has 0 bridgehead atoms. The fourth-order valence-corrected chi connectivity index (χ4v) is 4.38. The molecule has 3 aromatic heterocycles. The van der Waals surface area contributed by atoms with Crippen LogP contribution in [0.5, 0.6) is 0 Å². The van der Waals surface area contributed by atoms with E-state index in [1.165, 1.54) is 6.07 Å². The number of aliphatic hydroxyl groups excluding tert-OH is 1. The highest BCUT2D eigenvalue weighted by Gasteiger charge is 2.22. The number of β-amino-alcohol motifs (C(OH)–C–C–N with tert-alkyl or cyclic N) is 1. The second kappa shape index (κ2) is 7.45. The summed E-state index contributed by atoms with van der Waals surface area (Å²) in [7, 11) is 0. The van der Waals surface area contributed by atoms with Gasteiger partial charge >= 0.3 is 0 Å². The first-order chi connectivity index (χ1) is 14.5. The van der Waals surface area contributed by atoms with Gasteiger partial charge in [0.05, 0.1) is 30.2 Å². The lowest BCUT2D eigenvalue weighted by molar-refractivity contribution is 0.146. The molecule has 4 heterocycles. The first kappa shape index (κ1) is 19.1. The van der Waals surface area contributed by atoms with Crippen molar-refractivity contribution in [1.29, 1.82) is 0 Å². The number of aliphatic hydroxyl groups is 1. The number of aryl methyl sites for hydroxylation is 2. The summed E-state index contributed by atoms with van der Waals surface area (Å²) in [6.45, 7) is 6.65. The molecule has 4 aromatic rings. The first-order valence-electron chi connectivity index (χ1n) is 10.4. The molecular weight excluding hydrogens is 383 g/mol. The normalized spacial score (nSPS) is 16.1. The molecule has 0 amide bonds. The van der Waals surface area contributed by atoms with E-state index < -0.39 is 0 Å². The molecule has 0 spiro atoms. The van der Waals surface area contributed by atoms with Crippen molar-refractivity contribution < 1.29 is 9.50 Å². The van der Waals surface area contributed by atoms with Gasteiger partial charge in [0.25, 0.3) is 0 Å². The fourth-order valence-electron chi connectivity index (χ4n) is 4.38. The van der Waals surface area contributed by atoms with E-state index in [0.717, 1.165) is 53.8 Å². The van der Waals surface area contributed by atoms with Crippen LogP contribution in [0.4, 0.5) is 4.39 Å². The zero-order chi connectivity index (χ0) is 20.8. The van der Waals surface area contributed by atoms with Gasteiger partial charge in [-0.3, -0.25) is 4.68 Å². The van der Waals surface area contributed by atoms with Crippen molar-refractivity contribution in [3.8, 4) is 11.3 Å². The molecule has 1 N–H and O–H groups in total. The lowest BCUT2D eigenvalue weighted by atomic mass is 10.1. The number of hydrogen-bond acceptors (Lipinski definition) is 5. The third kappa shape index (κ3) is 3.36. The molecule has 7 nitrogen and oxygen atoms in total. The van der Waals surface area contributed by atoms with Crippen molar-refractivity contribution in [2.24, 2.45) is 0 Å². The van der Waals surface area contributed by atoms with Gasteiger partial charge in [-0.2, -0.15) is 10.2 Å². The Labute approximate surface area is 173 Å². The van der Waals surface area contributed by atoms with E-state index in [9.17, 15) is 4.39 Å². The summed E-state index contributed by atoms with van der Waals surface area (Å²) in [5, 5.41) is 19.1. The van der Waals surface area contributed by atoms with Gasteiger partial charge in [-0.1, -0.05) is 0 Å². The van der Waals surface area contributed by atoms with Crippen molar-refractivity contribution in [2.75, 3.05) is 26.2 Å². The Kier molecular flexibility index (Phi) is 4.75. The number of rotatable bonds is 4. The lowest BCUT2D eigenvalue weighted by Gasteiger charge is -2.31. The molecule has 30 heavy (non-hydrogen) atoms. The predicted octanol–water partition coefficient (Wildman–Crippen LogP) is 3.13. The molecule has 5 rings (SSSR count). The predicted molar refractivity (Wildman–Crippen MR) is 113 cm³/mol. The number of nitrogens with zero attached hydrogens (tertiary/aromatic N) is 6. The van der Waals surface area contributed by atoms with Gasteiger partial charge in [-0.05, 0) is 50.5 Å². The van der Waals surface area contributed by atoms with Crippen LogP contribution in [0, 0.1) is 19.7 Å². The van der Waals surface area contributed by atoms with Gasteiger partial charge in [0.15, 0.2) is 11.5 Å². The van der Waals surface area contributed by atoms with Crippen LogP contribution in [0.25, 0.3) is 27.8 Å². The second-order valence-corrected chi connectivity index (χ2v) is 8.16. The van der Waals surface area contributed by atoms with Crippen LogP contribution in [-0.2, 0) is 0 Å². The van der Waals surface area contributed by atoms with Gasteiger partial charge in [-0.15, -0.1) is 0 Å². The molecule has 1 fully saturated rings. The number of likely N-dealkylation sites (tertiary alicyclic amines) is 1. The molecule has 0 unspecified atom stereocenters. The molecule has 0 saturated carbocycles. The van der Waals surface area contributed by atoms with Gasteiger partial charge in [0.1, 0.15) is 5.52 Å². The molecule has 0 radical (unpaired) electrons. The molecule has 0 aliphatic carbocycles. The minimum Gasteiger partial charge on any atom is -0.395 e. The molecule has 1 aliphatic heterocycles. The SMILES string of the molecule is Cc1cn2nc(-c3cc(F)c4nn(C5CCN(CCO)CC5)cc4c3)cc(C)c2n1. The Morgan fingerprint density at radius 1 is 1.10 bits per heavy atom. The molecule has 1 aliphatic rings. The minimum absolute atomic E-state index is 0.183. The molecule has 8 heteroatoms. The summed E-state index contributed by atoms with van der Waals surface area (Å²) in [5.41, 5.74) is 4.55. The van der Waals surface area contributed by atoms with Gasteiger partial charge in [0.2, 0.25) is 0 Å². The van der Waals surface area contributed by atoms with Gasteiger partial charge in [-0.25, -0.2) is 13.9 Å². The van der Waals surface area contributed by atoms with E-state index in [0.29, 0.717) is 17.8 Å². The highest BCUT2D eigenvalue weighted by molar-refractivity contribution is 5.84. The average molecular weight is 408 g/mol. The van der Waals surface area contributed by atoms with Crippen molar-refractivity contribution >= 4 is 16.6 Å². The number of halogens is 1. The van der Waals surface area contributed by atoms with Crippen LogP contribution in [0.3, 0.4) is 0 Å². The zero-order valence-electron chi connectivity index (χ0n) is 17.2. The van der Waals surface area contributed by atoms with Crippen LogP contribution >= 0.6 is 0 Å². The minimum atomic E-state index is -0.333. The lowest BCUT2D eigenvalue weighted by Crippen LogP contribution is -2.36. The van der Waals surface area contributed by atoms with Gasteiger partial charge in [0, 0.05) is 36.8 Å². The summed E-state index contributed by atoms with van der Waals surface area (Å²) in [6, 6.07) is 5.67. The Hall–Kier alpha value is -2.84. The van der Waals surface area contributed by atoms with E-state index >= 15 is 0 Å². The number of benzene rings is 1. The van der Waals surface area contributed by atoms with E-state index in [1.54, 1.807) is 4.52 Å². The standard InChI is InChI=1S/C22H25FN6O/c1-14-9-20(25-29-12-15(2)24-22(14)29)16-10-17-13-28(26-21(17)19(23)11-16)18-3-5-27(6-4-18)7-8-30/h9-13,18,30H,3-8H2,1-2H3. The van der Waals surface area contributed by atoms with Crippen molar-refractivity contribution in [3.05, 3.63) is 47.7 Å². The quantitative estimate of drug-likeness (QED) is 0.562. The maximum absolute atomic E-state index is 14.9. The molecule has 0 atom stereocenters. The maximum Gasteiger partial charge on any atom is 0.156 e. The highest BCUT2D eigenvalue weighted by Crippen LogP contribution is 2.29. The van der Waals surface area contributed by atoms with Crippen molar-refractivity contribution in [3.63, 3.8) is 0 Å². The highest BCUT2D eigenvalue weighted by atomic mass is 19.1. The smallest absolute Gasteiger partial charge is 0.156 e. The zero-order valence-corrected chi connectivity index (χ0v) is 17.2. The maximum atomic E-state index is 14.9. The Morgan fingerprint density at radius 3 is 2.67 bits per heavy atom. The monoisotopic (exact) mass is 408 g/mol. The Bertz CT molecular complexity index is 1220. The average Bonchev–Trinajstić information content (AvgIpc) is 3.32. The summed E-state index contributed by atoms with van der Waals surface area (Å²) in [5.74, 6) is -0.333. The number of aromatic nitrogens is 5. The van der Waals surface area contributed by atoms with Crippen molar-refractivity contribution in [2.45, 2.75) is 32.7 Å². The third-order valence-electron chi connectivity index (χ3n) is 5.95. The topological polar surface area (TPSA) is 71.5 Å². The number of fused-ring (bicyclic) bond motifs is 2. The Morgan fingerprint density at radius 2 is 1.90 bits per heavy atom.